The summed E-state index contributed by atoms with van der Waals surface area (Å²) < 4.78 is 18.1. The van der Waals surface area contributed by atoms with E-state index in [9.17, 15) is 0 Å². The molecule has 3 rings (SSSR count). The number of rotatable bonds is 6. The predicted molar refractivity (Wildman–Crippen MR) is 102 cm³/mol. The Morgan fingerprint density at radius 3 is 2.38 bits per heavy atom. The molecule has 0 unspecified atom stereocenters. The first-order valence-electron chi connectivity index (χ1n) is 7.75. The summed E-state index contributed by atoms with van der Waals surface area (Å²) in [7, 11) is 4.69. The lowest BCUT2D eigenvalue weighted by atomic mass is 10.2. The molecule has 7 nitrogen and oxygen atoms in total. The number of hydrogen-bond donors (Lipinski definition) is 1. The topological polar surface area (TPSA) is 73.7 Å². The molecule has 0 aliphatic heterocycles. The molecular weight excluding hydrogens is 352 g/mol. The van der Waals surface area contributed by atoms with E-state index in [0.717, 1.165) is 5.56 Å². The average Bonchev–Trinajstić information content (AvgIpc) is 3.06. The van der Waals surface area contributed by atoms with Gasteiger partial charge in [0.2, 0.25) is 10.5 Å². The summed E-state index contributed by atoms with van der Waals surface area (Å²) in [6.45, 7) is 0. The first kappa shape index (κ1) is 17.7. The summed E-state index contributed by atoms with van der Waals surface area (Å²) in [4.78, 5) is 0. The van der Waals surface area contributed by atoms with Crippen LogP contribution in [0, 0.1) is 4.77 Å². The molecule has 8 heteroatoms. The number of nitrogens with zero attached hydrogens (tertiary/aromatic N) is 3. The van der Waals surface area contributed by atoms with E-state index in [1.165, 1.54) is 0 Å². The van der Waals surface area contributed by atoms with Crippen LogP contribution in [0.5, 0.6) is 17.2 Å². The van der Waals surface area contributed by atoms with Crippen LogP contribution in [0.1, 0.15) is 5.56 Å². The molecule has 2 aromatic carbocycles. The summed E-state index contributed by atoms with van der Waals surface area (Å²) in [6, 6.07) is 13.3. The molecule has 0 radical (unpaired) electrons. The zero-order valence-corrected chi connectivity index (χ0v) is 15.4. The van der Waals surface area contributed by atoms with Gasteiger partial charge < -0.3 is 14.2 Å². The van der Waals surface area contributed by atoms with Crippen LogP contribution in [0.25, 0.3) is 11.4 Å². The molecule has 0 amide bonds. The minimum Gasteiger partial charge on any atom is -0.493 e. The molecule has 0 saturated carbocycles. The van der Waals surface area contributed by atoms with Gasteiger partial charge in [0.05, 0.1) is 27.5 Å². The predicted octanol–water partition coefficient (Wildman–Crippen LogP) is 3.52. The number of H-pyrrole nitrogens is 1. The second kappa shape index (κ2) is 7.83. The van der Waals surface area contributed by atoms with Gasteiger partial charge >= 0.3 is 0 Å². The SMILES string of the molecule is COc1ccc(/C=N\n2c(-c3ccccc3)n[nH]c2=S)c(OC)c1OC. The fraction of sp³-hybridized carbons (Fsp3) is 0.167. The van der Waals surface area contributed by atoms with Crippen LogP contribution in [0.3, 0.4) is 0 Å². The van der Waals surface area contributed by atoms with E-state index < -0.39 is 0 Å². The number of hydrogen-bond acceptors (Lipinski definition) is 6. The fourth-order valence-corrected chi connectivity index (χ4v) is 2.70. The van der Waals surface area contributed by atoms with Gasteiger partial charge in [-0.25, -0.2) is 5.10 Å². The van der Waals surface area contributed by atoms with Gasteiger partial charge in [0, 0.05) is 11.1 Å². The number of aromatic nitrogens is 3. The van der Waals surface area contributed by atoms with Crippen LogP contribution < -0.4 is 14.2 Å². The van der Waals surface area contributed by atoms with Gasteiger partial charge in [-0.15, -0.1) is 0 Å². The number of nitrogens with one attached hydrogen (secondary N) is 1. The van der Waals surface area contributed by atoms with Crippen LogP contribution in [-0.2, 0) is 0 Å². The molecule has 0 fully saturated rings. The molecule has 0 spiro atoms. The highest BCUT2D eigenvalue weighted by atomic mass is 32.1. The highest BCUT2D eigenvalue weighted by Gasteiger charge is 2.15. The Balaban J connectivity index is 2.05. The van der Waals surface area contributed by atoms with E-state index in [-0.39, 0.29) is 0 Å². The van der Waals surface area contributed by atoms with Crippen LogP contribution in [0.15, 0.2) is 47.6 Å². The van der Waals surface area contributed by atoms with Crippen molar-refractivity contribution in [1.82, 2.24) is 14.9 Å². The Morgan fingerprint density at radius 2 is 1.73 bits per heavy atom. The highest BCUT2D eigenvalue weighted by molar-refractivity contribution is 7.71. The maximum atomic E-state index is 5.47. The van der Waals surface area contributed by atoms with Crippen molar-refractivity contribution in [3.05, 3.63) is 52.8 Å². The monoisotopic (exact) mass is 370 g/mol. The van der Waals surface area contributed by atoms with Gasteiger partial charge in [0.1, 0.15) is 0 Å². The summed E-state index contributed by atoms with van der Waals surface area (Å²) >= 11 is 5.29. The van der Waals surface area contributed by atoms with Crippen LogP contribution in [0.4, 0.5) is 0 Å². The lowest BCUT2D eigenvalue weighted by Gasteiger charge is -2.13. The first-order valence-corrected chi connectivity index (χ1v) is 8.16. The molecule has 1 N–H and O–H groups in total. The number of ether oxygens (including phenoxy) is 3. The zero-order valence-electron chi connectivity index (χ0n) is 14.6. The van der Waals surface area contributed by atoms with Crippen LogP contribution in [0.2, 0.25) is 0 Å². The lowest BCUT2D eigenvalue weighted by molar-refractivity contribution is 0.324. The van der Waals surface area contributed by atoms with E-state index in [1.54, 1.807) is 38.3 Å². The Morgan fingerprint density at radius 1 is 1.00 bits per heavy atom. The molecule has 1 heterocycles. The molecule has 26 heavy (non-hydrogen) atoms. The average molecular weight is 370 g/mol. The van der Waals surface area contributed by atoms with Crippen molar-refractivity contribution < 1.29 is 14.2 Å². The maximum absolute atomic E-state index is 5.47. The number of benzene rings is 2. The third-order valence-corrected chi connectivity index (χ3v) is 3.99. The van der Waals surface area contributed by atoms with Crippen molar-refractivity contribution in [2.24, 2.45) is 5.10 Å². The minimum atomic E-state index is 0.388. The molecule has 0 aliphatic rings. The molecule has 0 aliphatic carbocycles. The van der Waals surface area contributed by atoms with Crippen molar-refractivity contribution >= 4 is 18.4 Å². The van der Waals surface area contributed by atoms with Crippen molar-refractivity contribution in [2.45, 2.75) is 0 Å². The Labute approximate surface area is 155 Å². The zero-order chi connectivity index (χ0) is 18.5. The Kier molecular flexibility index (Phi) is 5.33. The Bertz CT molecular complexity index is 980. The van der Waals surface area contributed by atoms with Crippen molar-refractivity contribution in [3.63, 3.8) is 0 Å². The van der Waals surface area contributed by atoms with Gasteiger partial charge in [-0.1, -0.05) is 30.3 Å². The van der Waals surface area contributed by atoms with Gasteiger partial charge in [-0.2, -0.15) is 14.9 Å². The molecule has 1 aromatic heterocycles. The molecule has 134 valence electrons. The van der Waals surface area contributed by atoms with E-state index >= 15 is 0 Å². The van der Waals surface area contributed by atoms with Gasteiger partial charge in [-0.05, 0) is 24.4 Å². The second-order valence-electron chi connectivity index (χ2n) is 5.20. The van der Waals surface area contributed by atoms with Crippen molar-refractivity contribution in [1.29, 1.82) is 0 Å². The fourth-order valence-electron chi connectivity index (χ4n) is 2.52. The molecule has 0 atom stereocenters. The molecule has 3 aromatic rings. The smallest absolute Gasteiger partial charge is 0.216 e. The van der Waals surface area contributed by atoms with Crippen LogP contribution in [-0.4, -0.2) is 42.4 Å². The Hall–Kier alpha value is -3.13. The highest BCUT2D eigenvalue weighted by Crippen LogP contribution is 2.39. The van der Waals surface area contributed by atoms with Crippen LogP contribution >= 0.6 is 12.2 Å². The minimum absolute atomic E-state index is 0.388. The summed E-state index contributed by atoms with van der Waals surface area (Å²) in [5, 5.41) is 11.5. The van der Waals surface area contributed by atoms with Gasteiger partial charge in [0.15, 0.2) is 17.3 Å². The molecule has 0 bridgehead atoms. The number of methoxy groups -OCH3 is 3. The lowest BCUT2D eigenvalue weighted by Crippen LogP contribution is -2.00. The third kappa shape index (κ3) is 3.31. The molecular formula is C18H18N4O3S. The summed E-state index contributed by atoms with van der Waals surface area (Å²) in [5.41, 5.74) is 1.61. The standard InChI is InChI=1S/C18H18N4O3S/c1-23-14-10-9-13(15(24-2)16(14)25-3)11-19-22-17(20-21-18(22)26)12-7-5-4-6-8-12/h4-11H,1-3H3,(H,21,26)/b19-11-. The van der Waals surface area contributed by atoms with Crippen molar-refractivity contribution in [3.8, 4) is 28.6 Å². The first-order chi connectivity index (χ1) is 12.7. The second-order valence-corrected chi connectivity index (χ2v) is 5.59. The van der Waals surface area contributed by atoms with Crippen molar-refractivity contribution in [2.75, 3.05) is 21.3 Å². The van der Waals surface area contributed by atoms with E-state index in [4.69, 9.17) is 26.4 Å². The third-order valence-electron chi connectivity index (χ3n) is 3.73. The summed E-state index contributed by atoms with van der Waals surface area (Å²) in [6.07, 6.45) is 1.64. The van der Waals surface area contributed by atoms with E-state index in [0.29, 0.717) is 33.4 Å². The van der Waals surface area contributed by atoms with Gasteiger partial charge in [0.25, 0.3) is 0 Å². The number of aromatic amines is 1. The quantitative estimate of drug-likeness (QED) is 0.531. The largest absolute Gasteiger partial charge is 0.493 e. The maximum Gasteiger partial charge on any atom is 0.216 e. The van der Waals surface area contributed by atoms with Gasteiger partial charge in [-0.3, -0.25) is 0 Å². The van der Waals surface area contributed by atoms with E-state index in [1.807, 2.05) is 36.4 Å². The normalized spacial score (nSPS) is 10.9. The van der Waals surface area contributed by atoms with E-state index in [2.05, 4.69) is 15.3 Å². The summed E-state index contributed by atoms with van der Waals surface area (Å²) in [5.74, 6) is 2.21. The molecule has 0 saturated heterocycles.